The molecule has 0 aliphatic heterocycles. The topological polar surface area (TPSA) is 16.4 Å². The monoisotopic (exact) mass is 323 g/mol. The van der Waals surface area contributed by atoms with Crippen molar-refractivity contribution in [2.45, 2.75) is 32.0 Å². The summed E-state index contributed by atoms with van der Waals surface area (Å²) in [6, 6.07) is 9.41. The normalized spacial score (nSPS) is 15.1. The van der Waals surface area contributed by atoms with E-state index in [1.54, 1.807) is 6.26 Å². The van der Waals surface area contributed by atoms with Gasteiger partial charge in [-0.1, -0.05) is 22.0 Å². The van der Waals surface area contributed by atoms with Crippen LogP contribution >= 0.6 is 15.9 Å². The zero-order chi connectivity index (χ0) is 13.2. The molecule has 19 heavy (non-hydrogen) atoms. The van der Waals surface area contributed by atoms with Crippen LogP contribution in [0.4, 0.5) is 4.39 Å². The van der Waals surface area contributed by atoms with E-state index in [0.717, 1.165) is 28.9 Å². The van der Waals surface area contributed by atoms with Crippen LogP contribution in [-0.4, -0.2) is 10.9 Å². The number of hydrogen-bond donors (Lipinski definition) is 0. The molecule has 3 rings (SSSR count). The van der Waals surface area contributed by atoms with Crippen LogP contribution in [0.25, 0.3) is 0 Å². The molecule has 0 spiro atoms. The van der Waals surface area contributed by atoms with Crippen molar-refractivity contribution in [3.63, 3.8) is 0 Å². The van der Waals surface area contributed by atoms with Crippen molar-refractivity contribution >= 4 is 15.9 Å². The maximum absolute atomic E-state index is 13.1. The Balaban J connectivity index is 1.74. The summed E-state index contributed by atoms with van der Waals surface area (Å²) >= 11 is 3.43. The smallest absolute Gasteiger partial charge is 0.124 e. The molecule has 0 amide bonds. The maximum Gasteiger partial charge on any atom is 0.124 e. The standard InChI is InChI=1S/C15H15BrFNO/c16-15-8-12(17)4-3-11(15)9-18(13-5-6-13)10-14-2-1-7-19-14/h1-4,7-8,13H,5-6,9-10H2. The first-order chi connectivity index (χ1) is 9.22. The van der Waals surface area contributed by atoms with Gasteiger partial charge in [0.1, 0.15) is 11.6 Å². The van der Waals surface area contributed by atoms with Crippen molar-refractivity contribution in [2.75, 3.05) is 0 Å². The quantitative estimate of drug-likeness (QED) is 0.813. The van der Waals surface area contributed by atoms with E-state index in [4.69, 9.17) is 4.42 Å². The summed E-state index contributed by atoms with van der Waals surface area (Å²) in [5, 5.41) is 0. The minimum Gasteiger partial charge on any atom is -0.468 e. The number of rotatable bonds is 5. The first-order valence-corrected chi connectivity index (χ1v) is 7.22. The molecule has 1 saturated carbocycles. The summed E-state index contributed by atoms with van der Waals surface area (Å²) in [6.45, 7) is 1.62. The Hall–Kier alpha value is -1.13. The van der Waals surface area contributed by atoms with Crippen LogP contribution in [-0.2, 0) is 13.1 Å². The van der Waals surface area contributed by atoms with Crippen LogP contribution in [0, 0.1) is 5.82 Å². The first-order valence-electron chi connectivity index (χ1n) is 6.43. The van der Waals surface area contributed by atoms with Gasteiger partial charge in [0.15, 0.2) is 0 Å². The SMILES string of the molecule is Fc1ccc(CN(Cc2ccco2)C2CC2)c(Br)c1. The van der Waals surface area contributed by atoms with E-state index in [1.165, 1.54) is 25.0 Å². The van der Waals surface area contributed by atoms with E-state index >= 15 is 0 Å². The van der Waals surface area contributed by atoms with E-state index in [1.807, 2.05) is 18.2 Å². The minimum atomic E-state index is -0.209. The van der Waals surface area contributed by atoms with Gasteiger partial charge in [-0.25, -0.2) is 4.39 Å². The molecule has 1 heterocycles. The average Bonchev–Trinajstić information content (AvgIpc) is 3.10. The molecule has 1 aliphatic carbocycles. The van der Waals surface area contributed by atoms with Crippen molar-refractivity contribution in [2.24, 2.45) is 0 Å². The number of benzene rings is 1. The van der Waals surface area contributed by atoms with Gasteiger partial charge in [0.2, 0.25) is 0 Å². The minimum absolute atomic E-state index is 0.209. The van der Waals surface area contributed by atoms with Crippen LogP contribution in [0.5, 0.6) is 0 Å². The largest absolute Gasteiger partial charge is 0.468 e. The van der Waals surface area contributed by atoms with Crippen LogP contribution in [0.3, 0.4) is 0 Å². The highest BCUT2D eigenvalue weighted by molar-refractivity contribution is 9.10. The number of hydrogen-bond acceptors (Lipinski definition) is 2. The molecular weight excluding hydrogens is 309 g/mol. The molecule has 1 aromatic carbocycles. The lowest BCUT2D eigenvalue weighted by Crippen LogP contribution is -2.25. The second kappa shape index (κ2) is 5.47. The molecule has 0 bridgehead atoms. The summed E-state index contributed by atoms with van der Waals surface area (Å²) in [4.78, 5) is 2.39. The van der Waals surface area contributed by atoms with Crippen LogP contribution < -0.4 is 0 Å². The van der Waals surface area contributed by atoms with Crippen LogP contribution in [0.2, 0.25) is 0 Å². The zero-order valence-corrected chi connectivity index (χ0v) is 12.1. The third-order valence-electron chi connectivity index (χ3n) is 3.39. The van der Waals surface area contributed by atoms with Crippen molar-refractivity contribution in [3.8, 4) is 0 Å². The number of furan rings is 1. The molecule has 1 fully saturated rings. The van der Waals surface area contributed by atoms with Gasteiger partial charge < -0.3 is 4.42 Å². The lowest BCUT2D eigenvalue weighted by molar-refractivity contribution is 0.225. The van der Waals surface area contributed by atoms with Gasteiger partial charge in [0.25, 0.3) is 0 Å². The molecule has 0 atom stereocenters. The fourth-order valence-electron chi connectivity index (χ4n) is 2.23. The van der Waals surface area contributed by atoms with Crippen molar-refractivity contribution in [1.82, 2.24) is 4.90 Å². The van der Waals surface area contributed by atoms with Gasteiger partial charge >= 0.3 is 0 Å². The van der Waals surface area contributed by atoms with Gasteiger partial charge in [0.05, 0.1) is 12.8 Å². The van der Waals surface area contributed by atoms with E-state index in [-0.39, 0.29) is 5.82 Å². The fraction of sp³-hybridized carbons (Fsp3) is 0.333. The Bertz CT molecular complexity index is 551. The summed E-state index contributed by atoms with van der Waals surface area (Å²) in [5.74, 6) is 0.768. The zero-order valence-electron chi connectivity index (χ0n) is 10.5. The number of halogens is 2. The second-order valence-corrected chi connectivity index (χ2v) is 5.81. The number of nitrogens with zero attached hydrogens (tertiary/aromatic N) is 1. The Morgan fingerprint density at radius 1 is 1.26 bits per heavy atom. The lowest BCUT2D eigenvalue weighted by atomic mass is 10.2. The second-order valence-electron chi connectivity index (χ2n) is 4.95. The molecule has 100 valence electrons. The molecule has 4 heteroatoms. The highest BCUT2D eigenvalue weighted by atomic mass is 79.9. The Labute approximate surface area is 120 Å². The highest BCUT2D eigenvalue weighted by Gasteiger charge is 2.29. The molecular formula is C15H15BrFNO. The summed E-state index contributed by atoms with van der Waals surface area (Å²) < 4.78 is 19.3. The predicted octanol–water partition coefficient (Wildman–Crippen LogP) is 4.35. The van der Waals surface area contributed by atoms with Crippen molar-refractivity contribution < 1.29 is 8.81 Å². The Morgan fingerprint density at radius 2 is 2.11 bits per heavy atom. The molecule has 1 aromatic heterocycles. The fourth-order valence-corrected chi connectivity index (χ4v) is 2.70. The third kappa shape index (κ3) is 3.25. The van der Waals surface area contributed by atoms with Crippen molar-refractivity contribution in [3.05, 3.63) is 58.2 Å². The summed E-state index contributed by atoms with van der Waals surface area (Å²) in [5.41, 5.74) is 1.11. The predicted molar refractivity (Wildman–Crippen MR) is 75.1 cm³/mol. The van der Waals surface area contributed by atoms with Gasteiger partial charge in [-0.05, 0) is 42.7 Å². The molecule has 0 N–H and O–H groups in total. The third-order valence-corrected chi connectivity index (χ3v) is 4.13. The van der Waals surface area contributed by atoms with Crippen LogP contribution in [0.15, 0.2) is 45.5 Å². The molecule has 0 unspecified atom stereocenters. The van der Waals surface area contributed by atoms with Crippen LogP contribution in [0.1, 0.15) is 24.2 Å². The molecule has 1 aliphatic rings. The van der Waals surface area contributed by atoms with Gasteiger partial charge in [0, 0.05) is 17.1 Å². The first kappa shape index (κ1) is 12.9. The van der Waals surface area contributed by atoms with E-state index in [2.05, 4.69) is 20.8 Å². The van der Waals surface area contributed by atoms with Gasteiger partial charge in [-0.3, -0.25) is 4.90 Å². The van der Waals surface area contributed by atoms with E-state index in [9.17, 15) is 4.39 Å². The van der Waals surface area contributed by atoms with Crippen molar-refractivity contribution in [1.29, 1.82) is 0 Å². The molecule has 2 nitrogen and oxygen atoms in total. The highest BCUT2D eigenvalue weighted by Crippen LogP contribution is 2.31. The maximum atomic E-state index is 13.1. The Morgan fingerprint density at radius 3 is 2.74 bits per heavy atom. The molecule has 0 saturated heterocycles. The Kier molecular flexibility index (Phi) is 3.71. The average molecular weight is 324 g/mol. The summed E-state index contributed by atoms with van der Waals surface area (Å²) in [7, 11) is 0. The van der Waals surface area contributed by atoms with Gasteiger partial charge in [-0.2, -0.15) is 0 Å². The summed E-state index contributed by atoms with van der Waals surface area (Å²) in [6.07, 6.45) is 4.17. The molecule has 0 radical (unpaired) electrons. The van der Waals surface area contributed by atoms with E-state index in [0.29, 0.717) is 6.04 Å². The van der Waals surface area contributed by atoms with E-state index < -0.39 is 0 Å². The lowest BCUT2D eigenvalue weighted by Gasteiger charge is -2.21. The molecule has 2 aromatic rings. The van der Waals surface area contributed by atoms with Gasteiger partial charge in [-0.15, -0.1) is 0 Å².